The number of nitrogens with one attached hydrogen (secondary N) is 3. The number of carbonyl (C=O) groups excluding carboxylic acids is 1. The van der Waals surface area contributed by atoms with Crippen molar-refractivity contribution >= 4 is 41.5 Å². The van der Waals surface area contributed by atoms with Gasteiger partial charge in [-0.2, -0.15) is 5.10 Å². The largest absolute Gasteiger partial charge is 0.354 e. The Kier molecular flexibility index (Phi) is 9.68. The van der Waals surface area contributed by atoms with E-state index >= 15 is 0 Å². The lowest BCUT2D eigenvalue weighted by molar-refractivity contribution is -0.115. The second-order valence-electron chi connectivity index (χ2n) is 6.72. The van der Waals surface area contributed by atoms with Gasteiger partial charge in [0.25, 0.3) is 0 Å². The fourth-order valence-corrected chi connectivity index (χ4v) is 2.95. The Morgan fingerprint density at radius 2 is 2.10 bits per heavy atom. The van der Waals surface area contributed by atoms with Gasteiger partial charge in [-0.15, -0.1) is 30.4 Å². The molecular weight excluding hydrogens is 479 g/mol. The monoisotopic (exact) mass is 508 g/mol. The molecule has 1 atom stereocenters. The first kappa shape index (κ1) is 24.5. The molecule has 0 aliphatic heterocycles. The summed E-state index contributed by atoms with van der Waals surface area (Å²) in [6.07, 6.45) is 6.20. The Morgan fingerprint density at radius 1 is 1.38 bits per heavy atom. The zero-order valence-electron chi connectivity index (χ0n) is 17.5. The topological polar surface area (TPSA) is 83.3 Å². The quantitative estimate of drug-likeness (QED) is 0.242. The average Bonchev–Trinajstić information content (AvgIpc) is 2.91. The highest BCUT2D eigenvalue weighted by Crippen LogP contribution is 2.14. The lowest BCUT2D eigenvalue weighted by Gasteiger charge is -2.18. The molecule has 0 fully saturated rings. The molecule has 1 aromatic heterocycles. The van der Waals surface area contributed by atoms with Crippen molar-refractivity contribution in [2.45, 2.75) is 33.2 Å². The van der Waals surface area contributed by atoms with Gasteiger partial charge in [0.05, 0.1) is 12.2 Å². The Labute approximate surface area is 189 Å². The van der Waals surface area contributed by atoms with Crippen LogP contribution in [0.5, 0.6) is 0 Å². The maximum Gasteiger partial charge on any atom is 0.243 e. The molecule has 1 aromatic carbocycles. The number of rotatable bonds is 6. The summed E-state index contributed by atoms with van der Waals surface area (Å²) in [4.78, 5) is 16.4. The smallest absolute Gasteiger partial charge is 0.243 e. The van der Waals surface area contributed by atoms with Crippen molar-refractivity contribution < 1.29 is 4.79 Å². The van der Waals surface area contributed by atoms with Crippen molar-refractivity contribution in [3.8, 4) is 12.3 Å². The maximum atomic E-state index is 12.2. The van der Waals surface area contributed by atoms with Crippen LogP contribution in [-0.2, 0) is 18.3 Å². The number of carbonyl (C=O) groups is 1. The summed E-state index contributed by atoms with van der Waals surface area (Å²) in [5.41, 5.74) is 4.80. The van der Waals surface area contributed by atoms with Crippen molar-refractivity contribution in [1.82, 2.24) is 20.4 Å². The van der Waals surface area contributed by atoms with Gasteiger partial charge in [0.1, 0.15) is 0 Å². The summed E-state index contributed by atoms with van der Waals surface area (Å²) in [5.74, 6) is 2.94. The first-order chi connectivity index (χ1) is 13.3. The van der Waals surface area contributed by atoms with Crippen LogP contribution in [-0.4, -0.2) is 41.3 Å². The molecule has 0 aliphatic carbocycles. The van der Waals surface area contributed by atoms with Crippen LogP contribution in [0.15, 0.2) is 29.3 Å². The maximum absolute atomic E-state index is 12.2. The zero-order chi connectivity index (χ0) is 20.7. The number of halogens is 1. The minimum Gasteiger partial charge on any atom is -0.354 e. The Balaban J connectivity index is 0.00000420. The number of anilines is 1. The summed E-state index contributed by atoms with van der Waals surface area (Å²) in [6, 6.07) is 7.30. The molecule has 2 rings (SSSR count). The van der Waals surface area contributed by atoms with Crippen LogP contribution in [0, 0.1) is 26.2 Å². The normalized spacial score (nSPS) is 11.8. The van der Waals surface area contributed by atoms with Crippen LogP contribution in [0.4, 0.5) is 5.69 Å². The van der Waals surface area contributed by atoms with Gasteiger partial charge in [-0.25, -0.2) is 0 Å². The van der Waals surface area contributed by atoms with Crippen molar-refractivity contribution in [3.63, 3.8) is 0 Å². The molecule has 0 saturated carbocycles. The lowest BCUT2D eigenvalue weighted by atomic mass is 10.1. The third kappa shape index (κ3) is 7.09. The molecule has 0 spiro atoms. The molecule has 2 aromatic rings. The molecule has 1 heterocycles. The third-order valence-corrected chi connectivity index (χ3v) is 4.51. The number of aryl methyl sites for hydroxylation is 2. The molecule has 8 heteroatoms. The Morgan fingerprint density at radius 3 is 2.69 bits per heavy atom. The summed E-state index contributed by atoms with van der Waals surface area (Å²) >= 11 is 0. The molecule has 29 heavy (non-hydrogen) atoms. The van der Waals surface area contributed by atoms with E-state index in [4.69, 9.17) is 6.42 Å². The van der Waals surface area contributed by atoms with Gasteiger partial charge >= 0.3 is 0 Å². The van der Waals surface area contributed by atoms with Gasteiger partial charge in [0, 0.05) is 37.1 Å². The number of guanidine groups is 1. The third-order valence-electron chi connectivity index (χ3n) is 4.51. The number of aliphatic imine (C=N–C) groups is 1. The van der Waals surface area contributed by atoms with E-state index in [1.807, 2.05) is 30.8 Å². The number of hydrogen-bond donors (Lipinski definition) is 3. The van der Waals surface area contributed by atoms with Crippen molar-refractivity contribution in [1.29, 1.82) is 0 Å². The minimum absolute atomic E-state index is 0. The van der Waals surface area contributed by atoms with E-state index in [9.17, 15) is 4.79 Å². The molecule has 156 valence electrons. The summed E-state index contributed by atoms with van der Waals surface area (Å²) in [5, 5.41) is 13.6. The van der Waals surface area contributed by atoms with E-state index in [1.165, 1.54) is 5.56 Å². The minimum atomic E-state index is -0.177. The van der Waals surface area contributed by atoms with Gasteiger partial charge < -0.3 is 16.0 Å². The highest BCUT2D eigenvalue weighted by molar-refractivity contribution is 14.0. The van der Waals surface area contributed by atoms with Crippen molar-refractivity contribution in [3.05, 3.63) is 46.8 Å². The molecule has 3 N–H and O–H groups in total. The van der Waals surface area contributed by atoms with E-state index in [1.54, 1.807) is 19.2 Å². The van der Waals surface area contributed by atoms with Gasteiger partial charge in [0.2, 0.25) is 5.91 Å². The van der Waals surface area contributed by atoms with Gasteiger partial charge in [0.15, 0.2) is 5.96 Å². The van der Waals surface area contributed by atoms with Crippen molar-refractivity contribution in [2.24, 2.45) is 12.0 Å². The van der Waals surface area contributed by atoms with Crippen LogP contribution >= 0.6 is 24.0 Å². The predicted molar refractivity (Wildman–Crippen MR) is 129 cm³/mol. The number of amides is 1. The first-order valence-corrected chi connectivity index (χ1v) is 9.16. The van der Waals surface area contributed by atoms with Gasteiger partial charge in [-0.1, -0.05) is 12.0 Å². The summed E-state index contributed by atoms with van der Waals surface area (Å²) in [6.45, 7) is 6.25. The Hall–Kier alpha value is -2.54. The van der Waals surface area contributed by atoms with E-state index in [0.717, 1.165) is 23.4 Å². The van der Waals surface area contributed by atoms with E-state index in [2.05, 4.69) is 45.8 Å². The first-order valence-electron chi connectivity index (χ1n) is 9.16. The standard InChI is InChI=1S/C21H28N6O.HI/c1-7-17-9-8-10-18(12-17)25-20(28)13-23-21(22-5)24-14(2)11-19-15(3)26-27(6)16(19)4;/h1,8-10,12,14H,11,13H2,2-6H3,(H,25,28)(H2,22,23,24);1H. The number of hydrogen-bond acceptors (Lipinski definition) is 3. The highest BCUT2D eigenvalue weighted by atomic mass is 127. The number of benzene rings is 1. The fraction of sp³-hybridized carbons (Fsp3) is 0.381. The Bertz CT molecular complexity index is 912. The molecule has 1 amide bonds. The van der Waals surface area contributed by atoms with Crippen molar-refractivity contribution in [2.75, 3.05) is 18.9 Å². The van der Waals surface area contributed by atoms with Crippen LogP contribution in [0.2, 0.25) is 0 Å². The molecule has 1 unspecified atom stereocenters. The molecule has 0 aliphatic rings. The number of aromatic nitrogens is 2. The molecule has 0 saturated heterocycles. The summed E-state index contributed by atoms with van der Waals surface area (Å²) < 4.78 is 1.89. The summed E-state index contributed by atoms with van der Waals surface area (Å²) in [7, 11) is 3.62. The van der Waals surface area contributed by atoms with E-state index in [-0.39, 0.29) is 42.5 Å². The van der Waals surface area contributed by atoms with Gasteiger partial charge in [-0.05, 0) is 51.0 Å². The lowest BCUT2D eigenvalue weighted by Crippen LogP contribution is -2.45. The van der Waals surface area contributed by atoms with Crippen LogP contribution < -0.4 is 16.0 Å². The van der Waals surface area contributed by atoms with E-state index in [0.29, 0.717) is 11.6 Å². The van der Waals surface area contributed by atoms with E-state index < -0.39 is 0 Å². The highest BCUT2D eigenvalue weighted by Gasteiger charge is 2.14. The number of nitrogens with zero attached hydrogens (tertiary/aromatic N) is 3. The van der Waals surface area contributed by atoms with Crippen LogP contribution in [0.1, 0.15) is 29.4 Å². The van der Waals surface area contributed by atoms with Crippen LogP contribution in [0.3, 0.4) is 0 Å². The fourth-order valence-electron chi connectivity index (χ4n) is 2.95. The SMILES string of the molecule is C#Cc1cccc(NC(=O)CNC(=NC)NC(C)Cc2c(C)nn(C)c2C)c1.I. The molecule has 0 radical (unpaired) electrons. The molecule has 7 nitrogen and oxygen atoms in total. The predicted octanol–water partition coefficient (Wildman–Crippen LogP) is 2.37. The second-order valence-corrected chi connectivity index (χ2v) is 6.72. The average molecular weight is 508 g/mol. The second kappa shape index (κ2) is 11.5. The van der Waals surface area contributed by atoms with Crippen LogP contribution in [0.25, 0.3) is 0 Å². The van der Waals surface area contributed by atoms with Gasteiger partial charge in [-0.3, -0.25) is 14.5 Å². The molecule has 0 bridgehead atoms. The number of terminal acetylenes is 1. The zero-order valence-corrected chi connectivity index (χ0v) is 19.9. The molecular formula is C21H29IN6O.